The Morgan fingerprint density at radius 3 is 2.35 bits per heavy atom. The number of rotatable bonds is 7. The molecule has 1 amide bonds. The Labute approximate surface area is 183 Å². The first-order valence-corrected chi connectivity index (χ1v) is 10.6. The highest BCUT2D eigenvalue weighted by Crippen LogP contribution is 2.27. The third-order valence-corrected chi connectivity index (χ3v) is 5.35. The van der Waals surface area contributed by atoms with Gasteiger partial charge in [0.1, 0.15) is 0 Å². The molecule has 3 aromatic rings. The summed E-state index contributed by atoms with van der Waals surface area (Å²) in [7, 11) is 0. The molecule has 0 unspecified atom stereocenters. The molecule has 1 aromatic heterocycles. The summed E-state index contributed by atoms with van der Waals surface area (Å²) in [5.41, 5.74) is 4.39. The van der Waals surface area contributed by atoms with E-state index in [4.69, 9.17) is 4.74 Å². The van der Waals surface area contributed by atoms with Gasteiger partial charge in [-0.15, -0.1) is 0 Å². The predicted octanol–water partition coefficient (Wildman–Crippen LogP) is 4.80. The molecule has 1 heterocycles. The van der Waals surface area contributed by atoms with Crippen LogP contribution in [0.1, 0.15) is 54.1 Å². The Morgan fingerprint density at radius 2 is 1.74 bits per heavy atom. The highest BCUT2D eigenvalue weighted by molar-refractivity contribution is 5.94. The van der Waals surface area contributed by atoms with Gasteiger partial charge in [0.2, 0.25) is 0 Å². The minimum atomic E-state index is -0.463. The van der Waals surface area contributed by atoms with Crippen LogP contribution in [0, 0.1) is 12.8 Å². The van der Waals surface area contributed by atoms with E-state index < -0.39 is 5.97 Å². The van der Waals surface area contributed by atoms with Crippen molar-refractivity contribution in [3.05, 3.63) is 71.4 Å². The van der Waals surface area contributed by atoms with Crippen LogP contribution in [0.25, 0.3) is 16.9 Å². The third kappa shape index (κ3) is 5.02. The van der Waals surface area contributed by atoms with E-state index in [0.29, 0.717) is 11.5 Å². The number of hydrogen-bond donors (Lipinski definition) is 1. The number of aromatic nitrogens is 2. The van der Waals surface area contributed by atoms with Crippen LogP contribution in [-0.2, 0) is 4.74 Å². The van der Waals surface area contributed by atoms with Crippen molar-refractivity contribution >= 4 is 11.9 Å². The second-order valence-electron chi connectivity index (χ2n) is 7.92. The number of hydrogen-bond acceptors (Lipinski definition) is 4. The summed E-state index contributed by atoms with van der Waals surface area (Å²) in [5.74, 6) is -0.223. The second kappa shape index (κ2) is 9.60. The van der Waals surface area contributed by atoms with Crippen LogP contribution in [0.5, 0.6) is 0 Å². The van der Waals surface area contributed by atoms with Crippen LogP contribution in [-0.4, -0.2) is 34.3 Å². The first kappa shape index (κ1) is 22.3. The zero-order valence-corrected chi connectivity index (χ0v) is 18.7. The first-order valence-electron chi connectivity index (χ1n) is 10.6. The number of benzene rings is 2. The van der Waals surface area contributed by atoms with E-state index in [2.05, 4.69) is 24.3 Å². The lowest BCUT2D eigenvalue weighted by atomic mass is 10.0. The number of nitrogens with one attached hydrogen (secondary N) is 1. The molecule has 6 heteroatoms. The lowest BCUT2D eigenvalue weighted by molar-refractivity contribution is 0.0518. The zero-order valence-electron chi connectivity index (χ0n) is 18.7. The third-order valence-electron chi connectivity index (χ3n) is 5.35. The number of amides is 1. The van der Waals surface area contributed by atoms with Gasteiger partial charge in [-0.05, 0) is 62.6 Å². The number of esters is 1. The molecule has 3 rings (SSSR count). The molecule has 0 fully saturated rings. The fraction of sp³-hybridized carbons (Fsp3) is 0.320. The average Bonchev–Trinajstić information content (AvgIpc) is 3.19. The van der Waals surface area contributed by atoms with Crippen molar-refractivity contribution in [2.24, 2.45) is 5.92 Å². The summed E-state index contributed by atoms with van der Waals surface area (Å²) >= 11 is 0. The monoisotopic (exact) mass is 419 g/mol. The van der Waals surface area contributed by atoms with Gasteiger partial charge >= 0.3 is 5.97 Å². The maximum absolute atomic E-state index is 12.5. The Bertz CT molecular complexity index is 1070. The summed E-state index contributed by atoms with van der Waals surface area (Å²) < 4.78 is 6.85. The van der Waals surface area contributed by atoms with Gasteiger partial charge < -0.3 is 10.1 Å². The van der Waals surface area contributed by atoms with Crippen molar-refractivity contribution in [1.29, 1.82) is 0 Å². The Balaban J connectivity index is 1.98. The number of carbonyl (C=O) groups excluding carboxylic acids is 2. The first-order chi connectivity index (χ1) is 14.8. The van der Waals surface area contributed by atoms with Crippen molar-refractivity contribution in [3.63, 3.8) is 0 Å². The van der Waals surface area contributed by atoms with Gasteiger partial charge in [0.05, 0.1) is 18.0 Å². The number of nitrogens with zero attached hydrogens (tertiary/aromatic N) is 2. The molecular formula is C25H29N3O3. The molecule has 0 aliphatic rings. The lowest BCUT2D eigenvalue weighted by Crippen LogP contribution is -2.36. The van der Waals surface area contributed by atoms with Crippen molar-refractivity contribution in [3.8, 4) is 16.9 Å². The summed E-state index contributed by atoms with van der Waals surface area (Å²) in [5, 5.41) is 7.51. The largest absolute Gasteiger partial charge is 0.461 e. The highest BCUT2D eigenvalue weighted by atomic mass is 16.5. The molecule has 1 atom stereocenters. The molecule has 31 heavy (non-hydrogen) atoms. The van der Waals surface area contributed by atoms with Crippen LogP contribution in [0.2, 0.25) is 0 Å². The predicted molar refractivity (Wildman–Crippen MR) is 121 cm³/mol. The average molecular weight is 420 g/mol. The molecule has 0 spiro atoms. The van der Waals surface area contributed by atoms with Gasteiger partial charge in [0.15, 0.2) is 5.69 Å². The SMILES string of the molecule is CCOC(=O)c1cc(-c2ccccc2C)n(-c2ccc(C(=O)N[C@@H](C)C(C)C)cc2)n1. The zero-order chi connectivity index (χ0) is 22.5. The number of carbonyl (C=O) groups is 2. The maximum Gasteiger partial charge on any atom is 0.358 e. The van der Waals surface area contributed by atoms with E-state index >= 15 is 0 Å². The van der Waals surface area contributed by atoms with Gasteiger partial charge in [-0.2, -0.15) is 5.10 Å². The smallest absolute Gasteiger partial charge is 0.358 e. The van der Waals surface area contributed by atoms with E-state index in [1.165, 1.54) is 0 Å². The minimum Gasteiger partial charge on any atom is -0.461 e. The van der Waals surface area contributed by atoms with Crippen LogP contribution < -0.4 is 5.32 Å². The normalized spacial score (nSPS) is 11.9. The van der Waals surface area contributed by atoms with Gasteiger partial charge in [-0.25, -0.2) is 9.48 Å². The van der Waals surface area contributed by atoms with E-state index in [9.17, 15) is 9.59 Å². The van der Waals surface area contributed by atoms with Crippen molar-refractivity contribution in [2.45, 2.75) is 40.7 Å². The Hall–Kier alpha value is -3.41. The van der Waals surface area contributed by atoms with Crippen LogP contribution >= 0.6 is 0 Å². The number of ether oxygens (including phenoxy) is 1. The van der Waals surface area contributed by atoms with Gasteiger partial charge in [0.25, 0.3) is 5.91 Å². The highest BCUT2D eigenvalue weighted by Gasteiger charge is 2.19. The Kier molecular flexibility index (Phi) is 6.90. The molecule has 0 aliphatic carbocycles. The molecule has 0 saturated carbocycles. The van der Waals surface area contributed by atoms with Crippen LogP contribution in [0.3, 0.4) is 0 Å². The van der Waals surface area contributed by atoms with E-state index in [0.717, 1.165) is 22.5 Å². The molecule has 2 aromatic carbocycles. The lowest BCUT2D eigenvalue weighted by Gasteiger charge is -2.17. The van der Waals surface area contributed by atoms with Crippen molar-refractivity contribution in [2.75, 3.05) is 6.61 Å². The van der Waals surface area contributed by atoms with Crippen molar-refractivity contribution < 1.29 is 14.3 Å². The summed E-state index contributed by atoms with van der Waals surface area (Å²) in [6.45, 7) is 10.2. The molecule has 1 N–H and O–H groups in total. The molecule has 0 bridgehead atoms. The standard InChI is InChI=1S/C25H29N3O3/c1-6-31-25(30)22-15-23(21-10-8-7-9-17(21)4)28(27-22)20-13-11-19(12-14-20)24(29)26-18(5)16(2)3/h7-16,18H,6H2,1-5H3,(H,26,29)/t18-/m0/s1. The molecule has 162 valence electrons. The van der Waals surface area contributed by atoms with Gasteiger partial charge in [-0.3, -0.25) is 4.79 Å². The van der Waals surface area contributed by atoms with Crippen LogP contribution in [0.4, 0.5) is 0 Å². The van der Waals surface area contributed by atoms with Crippen LogP contribution in [0.15, 0.2) is 54.6 Å². The quantitative estimate of drug-likeness (QED) is 0.559. The van der Waals surface area contributed by atoms with E-state index in [-0.39, 0.29) is 24.2 Å². The maximum atomic E-state index is 12.5. The van der Waals surface area contributed by atoms with Gasteiger partial charge in [0, 0.05) is 17.2 Å². The summed E-state index contributed by atoms with van der Waals surface area (Å²) in [6, 6.07) is 17.0. The molecule has 6 nitrogen and oxygen atoms in total. The Morgan fingerprint density at radius 1 is 1.06 bits per heavy atom. The van der Waals surface area contributed by atoms with Gasteiger partial charge in [-0.1, -0.05) is 38.1 Å². The molecule has 0 aliphatic heterocycles. The summed E-state index contributed by atoms with van der Waals surface area (Å²) in [4.78, 5) is 24.8. The fourth-order valence-corrected chi connectivity index (χ4v) is 3.15. The molecular weight excluding hydrogens is 390 g/mol. The number of aryl methyl sites for hydroxylation is 1. The van der Waals surface area contributed by atoms with E-state index in [1.54, 1.807) is 29.8 Å². The fourth-order valence-electron chi connectivity index (χ4n) is 3.15. The van der Waals surface area contributed by atoms with Crippen molar-refractivity contribution in [1.82, 2.24) is 15.1 Å². The molecule has 0 saturated heterocycles. The summed E-state index contributed by atoms with van der Waals surface area (Å²) in [6.07, 6.45) is 0. The topological polar surface area (TPSA) is 73.2 Å². The second-order valence-corrected chi connectivity index (χ2v) is 7.92. The molecule has 0 radical (unpaired) electrons. The van der Waals surface area contributed by atoms with E-state index in [1.807, 2.05) is 50.2 Å². The minimum absolute atomic E-state index is 0.0816.